The summed E-state index contributed by atoms with van der Waals surface area (Å²) in [6, 6.07) is 0. The molecule has 0 aromatic carbocycles. The Balaban J connectivity index is -0.000000327. The van der Waals surface area contributed by atoms with Crippen molar-refractivity contribution < 1.29 is 4.43 Å². The van der Waals surface area contributed by atoms with Gasteiger partial charge in [-0.25, -0.2) is 0 Å². The summed E-state index contributed by atoms with van der Waals surface area (Å²) in [7, 11) is 0.837. The largest absolute Gasteiger partial charge is 2.00 e. The smallest absolute Gasteiger partial charge is 0.422 e. The Kier molecular flexibility index (Phi) is 20.6. The van der Waals surface area contributed by atoms with Gasteiger partial charge in [-0.05, 0) is 18.8 Å². The predicted molar refractivity (Wildman–Crippen MR) is 94.4 cm³/mol. The van der Waals surface area contributed by atoms with Crippen LogP contribution in [0.2, 0.25) is 0 Å². The summed E-state index contributed by atoms with van der Waals surface area (Å²) in [6.07, 6.45) is 7.48. The Labute approximate surface area is 146 Å². The van der Waals surface area contributed by atoms with E-state index < -0.39 is 0 Å². The summed E-state index contributed by atoms with van der Waals surface area (Å²) in [5.74, 6) is 0. The van der Waals surface area contributed by atoms with E-state index in [1.807, 2.05) is 0 Å². The minimum atomic E-state index is 0. The summed E-state index contributed by atoms with van der Waals surface area (Å²) in [6.45, 7) is 13.0. The van der Waals surface area contributed by atoms with Gasteiger partial charge in [-0.3, -0.25) is 0 Å². The molecule has 0 rings (SSSR count). The van der Waals surface area contributed by atoms with Crippen LogP contribution in [-0.4, -0.2) is 39.1 Å². The molecule has 0 aliphatic heterocycles. The Morgan fingerprint density at radius 2 is 1.44 bits per heavy atom. The third-order valence-corrected chi connectivity index (χ3v) is 4.59. The maximum Gasteiger partial charge on any atom is 2.00 e. The zero-order chi connectivity index (χ0) is 11.9. The van der Waals surface area contributed by atoms with Crippen LogP contribution in [0.1, 0.15) is 66.2 Å². The SMILES string of the molecule is Br.[CH2-]CCCCCCC(C)(O[SiH3])C(C)(C)C.[CH3-].[Mg+2]. The van der Waals surface area contributed by atoms with E-state index in [0.717, 1.165) is 16.9 Å². The van der Waals surface area contributed by atoms with E-state index in [9.17, 15) is 0 Å². The third-order valence-electron chi connectivity index (χ3n) is 3.69. The number of hydrogen-bond donors (Lipinski definition) is 0. The van der Waals surface area contributed by atoms with Crippen LogP contribution >= 0.6 is 17.0 Å². The van der Waals surface area contributed by atoms with Gasteiger partial charge in [0.05, 0.1) is 5.60 Å². The molecule has 1 atom stereocenters. The van der Waals surface area contributed by atoms with Crippen LogP contribution in [0.3, 0.4) is 0 Å². The molecule has 0 saturated carbocycles. The molecule has 0 N–H and O–H groups in total. The fraction of sp³-hybridized carbons (Fsp3) is 0.857. The average Bonchev–Trinajstić information content (AvgIpc) is 2.15. The monoisotopic (exact) mass is 348 g/mol. The van der Waals surface area contributed by atoms with Gasteiger partial charge in [-0.1, -0.05) is 46.5 Å². The fourth-order valence-electron chi connectivity index (χ4n) is 1.78. The van der Waals surface area contributed by atoms with Crippen LogP contribution in [0.15, 0.2) is 0 Å². The van der Waals surface area contributed by atoms with E-state index >= 15 is 0 Å². The van der Waals surface area contributed by atoms with E-state index in [4.69, 9.17) is 4.43 Å². The fourth-order valence-corrected chi connectivity index (χ4v) is 2.59. The maximum absolute atomic E-state index is 5.84. The minimum absolute atomic E-state index is 0. The van der Waals surface area contributed by atoms with Gasteiger partial charge in [0, 0.05) is 0 Å². The molecule has 0 bridgehead atoms. The number of rotatable bonds is 7. The van der Waals surface area contributed by atoms with Crippen molar-refractivity contribution in [2.45, 2.75) is 71.8 Å². The predicted octanol–water partition coefficient (Wildman–Crippen LogP) is 3.91. The first kappa shape index (κ1) is 27.7. The molecule has 4 heteroatoms. The summed E-state index contributed by atoms with van der Waals surface area (Å²) in [4.78, 5) is 0. The first-order valence-electron chi connectivity index (χ1n) is 6.22. The van der Waals surface area contributed by atoms with Crippen LogP contribution in [-0.2, 0) is 4.43 Å². The van der Waals surface area contributed by atoms with Crippen LogP contribution < -0.4 is 0 Å². The second-order valence-electron chi connectivity index (χ2n) is 5.70. The minimum Gasteiger partial charge on any atom is -0.422 e. The van der Waals surface area contributed by atoms with Crippen molar-refractivity contribution in [1.29, 1.82) is 0 Å². The molecule has 0 fully saturated rings. The van der Waals surface area contributed by atoms with Gasteiger partial charge in [0.15, 0.2) is 0 Å². The Bertz CT molecular complexity index is 174. The second kappa shape index (κ2) is 13.4. The number of halogens is 1. The summed E-state index contributed by atoms with van der Waals surface area (Å²) in [5, 5.41) is 0. The van der Waals surface area contributed by atoms with Gasteiger partial charge in [0.1, 0.15) is 10.5 Å². The Morgan fingerprint density at radius 3 is 1.78 bits per heavy atom. The van der Waals surface area contributed by atoms with Crippen molar-refractivity contribution in [3.63, 3.8) is 0 Å². The normalized spacial score (nSPS) is 13.8. The van der Waals surface area contributed by atoms with Crippen LogP contribution in [0.25, 0.3) is 0 Å². The zero-order valence-electron chi connectivity index (χ0n) is 13.5. The van der Waals surface area contributed by atoms with Gasteiger partial charge >= 0.3 is 23.1 Å². The molecule has 0 radical (unpaired) electrons. The van der Waals surface area contributed by atoms with E-state index in [1.165, 1.54) is 32.1 Å². The molecule has 0 amide bonds. The topological polar surface area (TPSA) is 9.23 Å². The van der Waals surface area contributed by atoms with E-state index in [-0.39, 0.29) is 58.5 Å². The maximum atomic E-state index is 5.84. The standard InChI is InChI=1S/C13H29OSi.CH3.BrH.Mg/c1-6-7-8-9-10-11-13(5,14-15)12(2,3)4;;;/h1,6-11H2,2-5,15H3;1H3;1H;/q2*-1;;+2. The molecule has 0 aromatic heterocycles. The van der Waals surface area contributed by atoms with Crippen molar-refractivity contribution in [2.75, 3.05) is 0 Å². The van der Waals surface area contributed by atoms with Gasteiger partial charge in [0.2, 0.25) is 0 Å². The van der Waals surface area contributed by atoms with Crippen molar-refractivity contribution >= 4 is 50.5 Å². The second-order valence-corrected chi connectivity index (χ2v) is 6.11. The molecule has 0 aliphatic carbocycles. The molecule has 0 heterocycles. The van der Waals surface area contributed by atoms with Crippen LogP contribution in [0.5, 0.6) is 0 Å². The first-order chi connectivity index (χ1) is 6.87. The van der Waals surface area contributed by atoms with Crippen molar-refractivity contribution in [3.8, 4) is 0 Å². The van der Waals surface area contributed by atoms with Gasteiger partial charge < -0.3 is 18.8 Å². The first-order valence-corrected chi connectivity index (χ1v) is 7.03. The Hall–Kier alpha value is 1.42. The molecule has 1 nitrogen and oxygen atoms in total. The quantitative estimate of drug-likeness (QED) is 0.385. The average molecular weight is 350 g/mol. The zero-order valence-corrected chi connectivity index (χ0v) is 18.6. The van der Waals surface area contributed by atoms with Crippen molar-refractivity contribution in [3.05, 3.63) is 14.4 Å². The number of hydrogen-bond acceptors (Lipinski definition) is 1. The van der Waals surface area contributed by atoms with E-state index in [2.05, 4.69) is 34.6 Å². The van der Waals surface area contributed by atoms with Crippen LogP contribution in [0.4, 0.5) is 0 Å². The number of unbranched alkanes of at least 4 members (excludes halogenated alkanes) is 4. The molecule has 18 heavy (non-hydrogen) atoms. The van der Waals surface area contributed by atoms with E-state index in [1.54, 1.807) is 0 Å². The summed E-state index contributed by atoms with van der Waals surface area (Å²) < 4.78 is 5.84. The van der Waals surface area contributed by atoms with Crippen molar-refractivity contribution in [1.82, 2.24) is 0 Å². The van der Waals surface area contributed by atoms with Gasteiger partial charge in [-0.2, -0.15) is 6.42 Å². The summed E-state index contributed by atoms with van der Waals surface area (Å²) >= 11 is 0. The molecular weight excluding hydrogens is 316 g/mol. The molecular formula is C14H33BrMgOSi. The van der Waals surface area contributed by atoms with Gasteiger partial charge in [0.25, 0.3) is 0 Å². The van der Waals surface area contributed by atoms with Gasteiger partial charge in [-0.15, -0.1) is 17.0 Å². The third kappa shape index (κ3) is 10.2. The molecule has 0 spiro atoms. The molecule has 108 valence electrons. The molecule has 0 saturated heterocycles. The molecule has 1 unspecified atom stereocenters. The molecule has 0 aromatic rings. The van der Waals surface area contributed by atoms with E-state index in [0.29, 0.717) is 0 Å². The van der Waals surface area contributed by atoms with Crippen molar-refractivity contribution in [2.24, 2.45) is 5.41 Å². The summed E-state index contributed by atoms with van der Waals surface area (Å²) in [5.41, 5.74) is 0.324. The van der Waals surface area contributed by atoms with Crippen LogP contribution in [0, 0.1) is 19.8 Å². The molecule has 0 aliphatic rings. The Morgan fingerprint density at radius 1 is 1.00 bits per heavy atom.